The summed E-state index contributed by atoms with van der Waals surface area (Å²) in [5.74, 6) is 0.393. The molecule has 0 aromatic heterocycles. The molecule has 6 aromatic carbocycles. The van der Waals surface area contributed by atoms with Crippen LogP contribution in [0.1, 0.15) is 53.5 Å². The van der Waals surface area contributed by atoms with Gasteiger partial charge in [-0.05, 0) is 87.9 Å². The second kappa shape index (κ2) is 11.6. The largest absolute Gasteiger partial charge is 0.427 e. The maximum absolute atomic E-state index is 13.5. The summed E-state index contributed by atoms with van der Waals surface area (Å²) in [6, 6.07) is 56.0. The van der Waals surface area contributed by atoms with Crippen molar-refractivity contribution in [1.82, 2.24) is 0 Å². The summed E-state index contributed by atoms with van der Waals surface area (Å²) in [6.45, 7) is 0. The fourth-order valence-electron chi connectivity index (χ4n) is 8.43. The van der Waals surface area contributed by atoms with Gasteiger partial charge in [-0.1, -0.05) is 146 Å². The highest BCUT2D eigenvalue weighted by atomic mass is 16.5. The molecule has 224 valence electrons. The van der Waals surface area contributed by atoms with E-state index in [0.29, 0.717) is 18.6 Å². The van der Waals surface area contributed by atoms with Crippen molar-refractivity contribution < 1.29 is 9.53 Å². The Balaban J connectivity index is 1.30. The van der Waals surface area contributed by atoms with E-state index in [4.69, 9.17) is 4.74 Å². The molecule has 2 heteroatoms. The number of fused-ring (bicyclic) bond motifs is 6. The van der Waals surface area contributed by atoms with Crippen LogP contribution in [-0.4, -0.2) is 5.97 Å². The Morgan fingerprint density at radius 3 is 1.33 bits per heavy atom. The number of carbonyl (C=O) groups is 1. The van der Waals surface area contributed by atoms with Crippen molar-refractivity contribution in [1.29, 1.82) is 0 Å². The van der Waals surface area contributed by atoms with E-state index in [9.17, 15) is 4.79 Å². The molecule has 2 aliphatic carbocycles. The van der Waals surface area contributed by atoms with Crippen LogP contribution in [-0.2, 0) is 22.0 Å². The summed E-state index contributed by atoms with van der Waals surface area (Å²) in [5, 5.41) is 0. The van der Waals surface area contributed by atoms with E-state index >= 15 is 0 Å². The molecule has 2 aliphatic rings. The van der Waals surface area contributed by atoms with Crippen molar-refractivity contribution in [3.05, 3.63) is 186 Å². The predicted molar refractivity (Wildman–Crippen MR) is 186 cm³/mol. The Hall–Kier alpha value is -5.21. The molecule has 0 amide bonds. The van der Waals surface area contributed by atoms with Crippen molar-refractivity contribution in [3.63, 3.8) is 0 Å². The molecule has 0 aliphatic heterocycles. The predicted octanol–water partition coefficient (Wildman–Crippen LogP) is 10.3. The Labute approximate surface area is 271 Å². The molecule has 0 spiro atoms. The average molecular weight is 597 g/mol. The minimum absolute atomic E-state index is 0.196. The molecule has 2 nitrogen and oxygen atoms in total. The number of hydrogen-bond acceptors (Lipinski definition) is 2. The monoisotopic (exact) mass is 596 g/mol. The van der Waals surface area contributed by atoms with E-state index in [1.807, 2.05) is 30.3 Å². The topological polar surface area (TPSA) is 26.3 Å². The highest BCUT2D eigenvalue weighted by molar-refractivity contribution is 5.84. The molecule has 0 N–H and O–H groups in total. The summed E-state index contributed by atoms with van der Waals surface area (Å²) >= 11 is 0. The van der Waals surface area contributed by atoms with Gasteiger partial charge in [0, 0.05) is 17.3 Å². The van der Waals surface area contributed by atoms with Gasteiger partial charge >= 0.3 is 5.97 Å². The Kier molecular flexibility index (Phi) is 7.14. The lowest BCUT2D eigenvalue weighted by atomic mass is 9.59. The fourth-order valence-corrected chi connectivity index (χ4v) is 8.43. The van der Waals surface area contributed by atoms with Gasteiger partial charge in [-0.25, -0.2) is 0 Å². The van der Waals surface area contributed by atoms with E-state index in [0.717, 1.165) is 19.3 Å². The van der Waals surface area contributed by atoms with E-state index in [1.165, 1.54) is 50.1 Å². The van der Waals surface area contributed by atoms with Gasteiger partial charge in [0.25, 0.3) is 0 Å². The van der Waals surface area contributed by atoms with Crippen molar-refractivity contribution in [3.8, 4) is 28.0 Å². The van der Waals surface area contributed by atoms with Gasteiger partial charge in [0.15, 0.2) is 0 Å². The molecule has 0 heterocycles. The van der Waals surface area contributed by atoms with E-state index < -0.39 is 5.41 Å². The minimum atomic E-state index is -0.399. The maximum atomic E-state index is 13.5. The van der Waals surface area contributed by atoms with Crippen LogP contribution < -0.4 is 4.74 Å². The van der Waals surface area contributed by atoms with Gasteiger partial charge in [-0.3, -0.25) is 4.79 Å². The SMILES string of the molecule is O=C(CCC1(CC2(CCc3ccccc3)c3ccccc3-c3ccccc32)c2ccccc2-c2ccccc21)Oc1ccccc1. The molecule has 0 fully saturated rings. The van der Waals surface area contributed by atoms with Crippen LogP contribution in [0.15, 0.2) is 158 Å². The van der Waals surface area contributed by atoms with Crippen LogP contribution >= 0.6 is 0 Å². The smallest absolute Gasteiger partial charge is 0.311 e. The quantitative estimate of drug-likeness (QED) is 0.123. The molecule has 8 rings (SSSR count). The van der Waals surface area contributed by atoms with Crippen LogP contribution in [0.4, 0.5) is 0 Å². The van der Waals surface area contributed by atoms with E-state index in [2.05, 4.69) is 127 Å². The first-order valence-corrected chi connectivity index (χ1v) is 16.4. The molecular formula is C44H36O2. The lowest BCUT2D eigenvalue weighted by molar-refractivity contribution is -0.134. The van der Waals surface area contributed by atoms with Gasteiger partial charge in [-0.15, -0.1) is 0 Å². The normalized spacial score (nSPS) is 14.5. The van der Waals surface area contributed by atoms with Crippen LogP contribution in [0, 0.1) is 0 Å². The highest BCUT2D eigenvalue weighted by Gasteiger charge is 2.52. The molecule has 0 saturated carbocycles. The van der Waals surface area contributed by atoms with E-state index in [-0.39, 0.29) is 11.4 Å². The minimum Gasteiger partial charge on any atom is -0.427 e. The Morgan fingerprint density at radius 2 is 0.848 bits per heavy atom. The number of esters is 1. The van der Waals surface area contributed by atoms with Gasteiger partial charge in [0.05, 0.1) is 0 Å². The third kappa shape index (κ3) is 4.68. The number of para-hydroxylation sites is 1. The third-order valence-corrected chi connectivity index (χ3v) is 10.4. The van der Waals surface area contributed by atoms with E-state index in [1.54, 1.807) is 0 Å². The first kappa shape index (κ1) is 28.3. The molecule has 46 heavy (non-hydrogen) atoms. The first-order chi connectivity index (χ1) is 22.7. The number of ether oxygens (including phenoxy) is 1. The standard InChI is InChI=1S/C44H36O2/c45-42(46-33-17-5-2-6-18-33)28-30-44(40-25-13-9-21-36(40)37-22-10-14-26-41(37)44)31-43(29-27-32-15-3-1-4-16-32)38-23-11-7-19-34(38)35-20-8-12-24-39(35)43/h1-26H,27-31H2. The molecule has 0 saturated heterocycles. The molecule has 0 unspecified atom stereocenters. The summed E-state index contributed by atoms with van der Waals surface area (Å²) < 4.78 is 5.87. The zero-order valence-electron chi connectivity index (χ0n) is 25.9. The zero-order chi connectivity index (χ0) is 31.0. The van der Waals surface area contributed by atoms with Crippen molar-refractivity contribution in [2.45, 2.75) is 42.9 Å². The summed E-state index contributed by atoms with van der Waals surface area (Å²) in [4.78, 5) is 13.5. The maximum Gasteiger partial charge on any atom is 0.311 e. The summed E-state index contributed by atoms with van der Waals surface area (Å²) in [5.41, 5.74) is 11.3. The zero-order valence-corrected chi connectivity index (χ0v) is 25.9. The number of benzene rings is 6. The fraction of sp³-hybridized carbons (Fsp3) is 0.159. The molecule has 0 radical (unpaired) electrons. The highest BCUT2D eigenvalue weighted by Crippen LogP contribution is 2.62. The third-order valence-electron chi connectivity index (χ3n) is 10.4. The Morgan fingerprint density at radius 1 is 0.457 bits per heavy atom. The van der Waals surface area contributed by atoms with Crippen LogP contribution in [0.25, 0.3) is 22.3 Å². The van der Waals surface area contributed by atoms with Gasteiger partial charge < -0.3 is 4.74 Å². The number of aryl methyl sites for hydroxylation is 1. The van der Waals surface area contributed by atoms with Gasteiger partial charge in [0.2, 0.25) is 0 Å². The average Bonchev–Trinajstić information content (AvgIpc) is 3.55. The first-order valence-electron chi connectivity index (χ1n) is 16.4. The van der Waals surface area contributed by atoms with Gasteiger partial charge in [0.1, 0.15) is 5.75 Å². The van der Waals surface area contributed by atoms with Crippen molar-refractivity contribution in [2.75, 3.05) is 0 Å². The summed E-state index contributed by atoms with van der Waals surface area (Å²) in [7, 11) is 0. The van der Waals surface area contributed by atoms with Gasteiger partial charge in [-0.2, -0.15) is 0 Å². The van der Waals surface area contributed by atoms with Crippen LogP contribution in [0.2, 0.25) is 0 Å². The van der Waals surface area contributed by atoms with Crippen LogP contribution in [0.3, 0.4) is 0 Å². The molecule has 0 atom stereocenters. The lowest BCUT2D eigenvalue weighted by Gasteiger charge is -2.43. The number of rotatable bonds is 9. The number of hydrogen-bond donors (Lipinski definition) is 0. The molecule has 6 aromatic rings. The molecular weight excluding hydrogens is 560 g/mol. The second-order valence-corrected chi connectivity index (χ2v) is 12.8. The number of carbonyl (C=O) groups excluding carboxylic acids is 1. The Bertz CT molecular complexity index is 1930. The lowest BCUT2D eigenvalue weighted by Crippen LogP contribution is -2.38. The molecule has 0 bridgehead atoms. The summed E-state index contributed by atoms with van der Waals surface area (Å²) in [6.07, 6.45) is 3.75. The second-order valence-electron chi connectivity index (χ2n) is 12.8. The van der Waals surface area contributed by atoms with Crippen molar-refractivity contribution >= 4 is 5.97 Å². The van der Waals surface area contributed by atoms with Crippen molar-refractivity contribution in [2.24, 2.45) is 0 Å². The van der Waals surface area contributed by atoms with Crippen LogP contribution in [0.5, 0.6) is 5.75 Å².